The maximum absolute atomic E-state index is 12.6. The van der Waals surface area contributed by atoms with Gasteiger partial charge < -0.3 is 9.64 Å². The molecule has 1 aromatic rings. The first kappa shape index (κ1) is 17.0. The molecule has 0 radical (unpaired) electrons. The number of ketones is 1. The van der Waals surface area contributed by atoms with Crippen LogP contribution < -0.4 is 0 Å². The van der Waals surface area contributed by atoms with Crippen LogP contribution in [0.15, 0.2) is 12.1 Å². The number of rotatable bonds is 0. The average molecular weight is 329 g/mol. The number of hydrogen-bond acceptors (Lipinski definition) is 3. The number of fused-ring (bicyclic) bond motifs is 2. The lowest BCUT2D eigenvalue weighted by molar-refractivity contribution is 0.0166. The van der Waals surface area contributed by atoms with Crippen molar-refractivity contribution in [1.82, 2.24) is 4.90 Å². The molecule has 1 saturated heterocycles. The van der Waals surface area contributed by atoms with E-state index in [2.05, 4.69) is 19.1 Å². The number of likely N-dealkylation sites (tertiary alicyclic amines) is 1. The van der Waals surface area contributed by atoms with Crippen molar-refractivity contribution in [3.8, 4) is 0 Å². The van der Waals surface area contributed by atoms with Crippen molar-refractivity contribution in [1.29, 1.82) is 0 Å². The molecule has 0 saturated carbocycles. The van der Waals surface area contributed by atoms with Gasteiger partial charge in [-0.3, -0.25) is 4.79 Å². The maximum atomic E-state index is 12.6. The highest BCUT2D eigenvalue weighted by molar-refractivity contribution is 6.03. The van der Waals surface area contributed by atoms with Crippen LogP contribution in [0.1, 0.15) is 67.1 Å². The molecular formula is C20H27NO3. The van der Waals surface area contributed by atoms with Crippen LogP contribution in [0.5, 0.6) is 0 Å². The first-order valence-electron chi connectivity index (χ1n) is 8.75. The molecule has 3 rings (SSSR count). The van der Waals surface area contributed by atoms with Crippen LogP contribution in [-0.4, -0.2) is 35.5 Å². The molecule has 2 aliphatic rings. The standard InChI is InChI=1S/C20H27NO3/c1-13-6-7-15-17(14(13)2)16(22)12-20(15)8-10-21(11-9-20)18(23)24-19(3,4)5/h6-7H,8-12H2,1-5H3. The van der Waals surface area contributed by atoms with Crippen LogP contribution in [0.2, 0.25) is 0 Å². The molecule has 1 amide bonds. The predicted octanol–water partition coefficient (Wildman–Crippen LogP) is 4.16. The van der Waals surface area contributed by atoms with E-state index in [1.165, 1.54) is 11.1 Å². The largest absolute Gasteiger partial charge is 0.444 e. The first-order chi connectivity index (χ1) is 11.1. The Kier molecular flexibility index (Phi) is 3.97. The molecule has 130 valence electrons. The Labute approximate surface area is 144 Å². The maximum Gasteiger partial charge on any atom is 0.410 e. The van der Waals surface area contributed by atoms with Gasteiger partial charge in [0.25, 0.3) is 0 Å². The summed E-state index contributed by atoms with van der Waals surface area (Å²) in [6.45, 7) is 11.0. The minimum atomic E-state index is -0.475. The summed E-state index contributed by atoms with van der Waals surface area (Å²) >= 11 is 0. The second kappa shape index (κ2) is 5.61. The van der Waals surface area contributed by atoms with Gasteiger partial charge in [-0.25, -0.2) is 4.79 Å². The van der Waals surface area contributed by atoms with Crippen molar-refractivity contribution in [3.05, 3.63) is 34.4 Å². The Balaban J connectivity index is 1.80. The van der Waals surface area contributed by atoms with E-state index in [-0.39, 0.29) is 17.3 Å². The molecule has 1 spiro atoms. The lowest BCUT2D eigenvalue weighted by atomic mass is 9.73. The van der Waals surface area contributed by atoms with Crippen LogP contribution >= 0.6 is 0 Å². The Morgan fingerprint density at radius 3 is 2.38 bits per heavy atom. The van der Waals surface area contributed by atoms with Gasteiger partial charge in [0.15, 0.2) is 5.78 Å². The zero-order chi connectivity index (χ0) is 17.7. The van der Waals surface area contributed by atoms with Crippen molar-refractivity contribution in [3.63, 3.8) is 0 Å². The summed E-state index contributed by atoms with van der Waals surface area (Å²) in [4.78, 5) is 26.7. The molecule has 1 fully saturated rings. The number of benzene rings is 1. The molecule has 4 nitrogen and oxygen atoms in total. The number of hydrogen-bond donors (Lipinski definition) is 0. The number of Topliss-reactive ketones (excluding diaryl/α,β-unsaturated/α-hetero) is 1. The third kappa shape index (κ3) is 2.83. The summed E-state index contributed by atoms with van der Waals surface area (Å²) in [5.74, 6) is 0.261. The highest BCUT2D eigenvalue weighted by Crippen LogP contribution is 2.47. The number of aryl methyl sites for hydroxylation is 1. The molecular weight excluding hydrogens is 302 g/mol. The minimum Gasteiger partial charge on any atom is -0.444 e. The quantitative estimate of drug-likeness (QED) is 0.718. The minimum absolute atomic E-state index is 0.0939. The van der Waals surface area contributed by atoms with Crippen molar-refractivity contribution >= 4 is 11.9 Å². The van der Waals surface area contributed by atoms with E-state index >= 15 is 0 Å². The van der Waals surface area contributed by atoms with Gasteiger partial charge in [0.05, 0.1) is 0 Å². The number of carbonyl (C=O) groups excluding carboxylic acids is 2. The third-order valence-electron chi connectivity index (χ3n) is 5.46. The van der Waals surface area contributed by atoms with Crippen LogP contribution in [0.4, 0.5) is 4.79 Å². The highest BCUT2D eigenvalue weighted by atomic mass is 16.6. The molecule has 0 aromatic heterocycles. The smallest absolute Gasteiger partial charge is 0.410 e. The van der Waals surface area contributed by atoms with Crippen LogP contribution in [0, 0.1) is 13.8 Å². The van der Waals surface area contributed by atoms with E-state index in [9.17, 15) is 9.59 Å². The second-order valence-corrected chi connectivity index (χ2v) is 8.28. The molecule has 1 heterocycles. The average Bonchev–Trinajstić information content (AvgIpc) is 2.74. The van der Waals surface area contributed by atoms with E-state index < -0.39 is 5.60 Å². The monoisotopic (exact) mass is 329 g/mol. The topological polar surface area (TPSA) is 46.6 Å². The van der Waals surface area contributed by atoms with Crippen LogP contribution in [0.25, 0.3) is 0 Å². The Morgan fingerprint density at radius 2 is 1.79 bits per heavy atom. The summed E-state index contributed by atoms with van der Waals surface area (Å²) in [5, 5.41) is 0. The van der Waals surface area contributed by atoms with Gasteiger partial charge in [0, 0.05) is 30.5 Å². The highest BCUT2D eigenvalue weighted by Gasteiger charge is 2.46. The number of carbonyl (C=O) groups is 2. The van der Waals surface area contributed by atoms with E-state index in [1.807, 2.05) is 27.7 Å². The van der Waals surface area contributed by atoms with Gasteiger partial charge in [-0.2, -0.15) is 0 Å². The molecule has 0 N–H and O–H groups in total. The van der Waals surface area contributed by atoms with E-state index in [0.29, 0.717) is 19.5 Å². The zero-order valence-corrected chi connectivity index (χ0v) is 15.4. The molecule has 0 unspecified atom stereocenters. The lowest BCUT2D eigenvalue weighted by Gasteiger charge is -2.40. The van der Waals surface area contributed by atoms with Gasteiger partial charge >= 0.3 is 6.09 Å². The second-order valence-electron chi connectivity index (χ2n) is 8.28. The van der Waals surface area contributed by atoms with Crippen molar-refractivity contribution in [2.24, 2.45) is 0 Å². The van der Waals surface area contributed by atoms with E-state index in [1.54, 1.807) is 4.90 Å². The molecule has 0 bridgehead atoms. The normalized spacial score (nSPS) is 19.5. The van der Waals surface area contributed by atoms with Gasteiger partial charge in [-0.15, -0.1) is 0 Å². The molecule has 0 atom stereocenters. The molecule has 1 aliphatic carbocycles. The summed E-state index contributed by atoms with van der Waals surface area (Å²) < 4.78 is 5.47. The van der Waals surface area contributed by atoms with Gasteiger partial charge in [-0.1, -0.05) is 12.1 Å². The Hall–Kier alpha value is -1.84. The number of ether oxygens (including phenoxy) is 1. The number of amides is 1. The summed E-state index contributed by atoms with van der Waals surface area (Å²) in [6, 6.07) is 4.25. The lowest BCUT2D eigenvalue weighted by Crippen LogP contribution is -2.46. The Bertz CT molecular complexity index is 692. The Morgan fingerprint density at radius 1 is 1.17 bits per heavy atom. The van der Waals surface area contributed by atoms with Crippen LogP contribution in [-0.2, 0) is 10.2 Å². The summed E-state index contributed by atoms with van der Waals surface area (Å²) in [6.07, 6.45) is 1.98. The van der Waals surface area contributed by atoms with Crippen molar-refractivity contribution < 1.29 is 14.3 Å². The fourth-order valence-corrected chi connectivity index (χ4v) is 4.00. The van der Waals surface area contributed by atoms with E-state index in [4.69, 9.17) is 4.74 Å². The number of nitrogens with zero attached hydrogens (tertiary/aromatic N) is 1. The SMILES string of the molecule is Cc1ccc2c(c1C)C(=O)CC21CCN(C(=O)OC(C)(C)C)CC1. The van der Waals surface area contributed by atoms with Gasteiger partial charge in [0.2, 0.25) is 0 Å². The fourth-order valence-electron chi connectivity index (χ4n) is 4.00. The van der Waals surface area contributed by atoms with Crippen molar-refractivity contribution in [2.45, 2.75) is 64.9 Å². The third-order valence-corrected chi connectivity index (χ3v) is 5.46. The molecule has 24 heavy (non-hydrogen) atoms. The van der Waals surface area contributed by atoms with Crippen LogP contribution in [0.3, 0.4) is 0 Å². The fraction of sp³-hybridized carbons (Fsp3) is 0.600. The van der Waals surface area contributed by atoms with Gasteiger partial charge in [0.1, 0.15) is 5.60 Å². The summed E-state index contributed by atoms with van der Waals surface area (Å²) in [7, 11) is 0. The molecule has 1 aliphatic heterocycles. The summed E-state index contributed by atoms with van der Waals surface area (Å²) in [5.41, 5.74) is 3.84. The predicted molar refractivity (Wildman–Crippen MR) is 93.6 cm³/mol. The molecule has 1 aromatic carbocycles. The zero-order valence-electron chi connectivity index (χ0n) is 15.4. The first-order valence-corrected chi connectivity index (χ1v) is 8.75. The van der Waals surface area contributed by atoms with E-state index in [0.717, 1.165) is 24.0 Å². The van der Waals surface area contributed by atoms with Gasteiger partial charge in [-0.05, 0) is 64.2 Å². The van der Waals surface area contributed by atoms with Crippen molar-refractivity contribution in [2.75, 3.05) is 13.1 Å². The number of piperidine rings is 1. The molecule has 4 heteroatoms.